The Balaban J connectivity index is 5.25. The lowest BCUT2D eigenvalue weighted by atomic mass is 9.99. The van der Waals surface area contributed by atoms with Gasteiger partial charge >= 0.3 is 39.5 Å². The molecule has 6 atom stereocenters. The van der Waals surface area contributed by atoms with Gasteiger partial charge in [-0.25, -0.2) is 9.13 Å². The largest absolute Gasteiger partial charge is 0.472 e. The third kappa shape index (κ3) is 88.2. The molecule has 0 rings (SSSR count). The second-order valence-electron chi connectivity index (χ2n) is 35.2. The SMILES string of the molecule is CCCCCCCCCCCCCCCCCCCCCCCCC(=O)OC[C@H](COP(=O)(O)OC[C@@H](O)COP(=O)(O)OC[C@@H](COC(=O)CCCCCCCCCCCCCCC)OC(=O)CCCCCCCCCCCCCCCCCC(C)C)OC(=O)CCCCCCCCCCCCCCCCCCCCC(C)CC. The maximum Gasteiger partial charge on any atom is 0.472 e. The van der Waals surface area contributed by atoms with E-state index in [9.17, 15) is 43.2 Å². The molecule has 0 saturated heterocycles. The minimum Gasteiger partial charge on any atom is -0.462 e. The topological polar surface area (TPSA) is 237 Å². The van der Waals surface area contributed by atoms with Crippen molar-refractivity contribution < 1.29 is 80.2 Å². The van der Waals surface area contributed by atoms with Gasteiger partial charge in [-0.1, -0.05) is 472 Å². The maximum absolute atomic E-state index is 13.2. The van der Waals surface area contributed by atoms with Crippen LogP contribution in [0.2, 0.25) is 0 Å². The quantitative estimate of drug-likeness (QED) is 0.0222. The van der Waals surface area contributed by atoms with Crippen LogP contribution in [0.4, 0.5) is 0 Å². The van der Waals surface area contributed by atoms with E-state index in [1.165, 1.54) is 340 Å². The summed E-state index contributed by atoms with van der Waals surface area (Å²) in [5, 5.41) is 10.7. The van der Waals surface area contributed by atoms with Gasteiger partial charge < -0.3 is 33.8 Å². The lowest BCUT2D eigenvalue weighted by molar-refractivity contribution is -0.161. The Morgan fingerprint density at radius 3 is 0.661 bits per heavy atom. The molecule has 0 aromatic carbocycles. The molecule has 0 amide bonds. The third-order valence-electron chi connectivity index (χ3n) is 23.1. The molecule has 115 heavy (non-hydrogen) atoms. The molecular formula is C96H188O17P2. The predicted octanol–water partition coefficient (Wildman–Crippen LogP) is 30.1. The molecule has 3 N–H and O–H groups in total. The molecular weight excluding hydrogens is 1490 g/mol. The summed E-state index contributed by atoms with van der Waals surface area (Å²) in [6, 6.07) is 0. The zero-order valence-electron chi connectivity index (χ0n) is 76.1. The molecule has 0 spiro atoms. The van der Waals surface area contributed by atoms with E-state index >= 15 is 0 Å². The molecule has 0 bridgehead atoms. The Morgan fingerprint density at radius 2 is 0.443 bits per heavy atom. The molecule has 0 radical (unpaired) electrons. The van der Waals surface area contributed by atoms with Gasteiger partial charge in [-0.15, -0.1) is 0 Å². The molecule has 0 heterocycles. The standard InChI is InChI=1S/C96H188O17P2/c1-7-10-12-14-16-18-20-22-23-24-25-26-27-28-32-37-43-49-55-61-67-73-79-94(99)107-85-92(113-95(100)80-74-68-62-56-50-44-38-33-30-29-31-36-42-47-53-59-65-71-77-89(6)9-3)87-111-115(104,105)109-83-90(97)82-108-114(102,103)110-86-91(84-106-93(98)78-72-66-60-54-48-40-21-19-17-15-13-11-8-2)112-96(101)81-75-69-63-57-51-45-39-34-35-41-46-52-58-64-70-76-88(4)5/h88-92,97H,7-87H2,1-6H3,(H,102,103)(H,104,105)/t89?,90-,91+,92+/m0/s1. The fourth-order valence-corrected chi connectivity index (χ4v) is 16.7. The van der Waals surface area contributed by atoms with Crippen LogP contribution in [0, 0.1) is 11.8 Å². The Bertz CT molecular complexity index is 2190. The van der Waals surface area contributed by atoms with Crippen LogP contribution in [0.3, 0.4) is 0 Å². The first-order valence-corrected chi connectivity index (χ1v) is 52.5. The summed E-state index contributed by atoms with van der Waals surface area (Å²) in [5.41, 5.74) is 0. The van der Waals surface area contributed by atoms with Crippen LogP contribution in [0.5, 0.6) is 0 Å². The van der Waals surface area contributed by atoms with Gasteiger partial charge in [-0.2, -0.15) is 0 Å². The zero-order valence-corrected chi connectivity index (χ0v) is 77.9. The second-order valence-corrected chi connectivity index (χ2v) is 38.1. The van der Waals surface area contributed by atoms with E-state index < -0.39 is 97.5 Å². The van der Waals surface area contributed by atoms with E-state index in [2.05, 4.69) is 41.5 Å². The number of aliphatic hydroxyl groups excluding tert-OH is 1. The lowest BCUT2D eigenvalue weighted by Crippen LogP contribution is -2.30. The number of carbonyl (C=O) groups is 4. The summed E-state index contributed by atoms with van der Waals surface area (Å²) in [4.78, 5) is 73.6. The Morgan fingerprint density at radius 1 is 0.252 bits per heavy atom. The molecule has 0 aromatic rings. The fraction of sp³-hybridized carbons (Fsp3) is 0.958. The van der Waals surface area contributed by atoms with Crippen molar-refractivity contribution in [2.75, 3.05) is 39.6 Å². The molecule has 19 heteroatoms. The summed E-state index contributed by atoms with van der Waals surface area (Å²) in [6.45, 7) is 9.83. The van der Waals surface area contributed by atoms with Gasteiger partial charge in [0.15, 0.2) is 12.2 Å². The lowest BCUT2D eigenvalue weighted by Gasteiger charge is -2.21. The van der Waals surface area contributed by atoms with Gasteiger partial charge in [-0.3, -0.25) is 37.3 Å². The summed E-state index contributed by atoms with van der Waals surface area (Å²) in [7, 11) is -9.94. The van der Waals surface area contributed by atoms with Gasteiger partial charge in [0.05, 0.1) is 26.4 Å². The highest BCUT2D eigenvalue weighted by atomic mass is 31.2. The van der Waals surface area contributed by atoms with Crippen molar-refractivity contribution in [1.82, 2.24) is 0 Å². The number of aliphatic hydroxyl groups is 1. The minimum atomic E-state index is -4.97. The maximum atomic E-state index is 13.2. The molecule has 17 nitrogen and oxygen atoms in total. The highest BCUT2D eigenvalue weighted by Crippen LogP contribution is 2.45. The van der Waals surface area contributed by atoms with Crippen molar-refractivity contribution in [3.63, 3.8) is 0 Å². The van der Waals surface area contributed by atoms with Crippen LogP contribution in [0.25, 0.3) is 0 Å². The normalized spacial score (nSPS) is 13.9. The first-order chi connectivity index (χ1) is 55.9. The molecule has 0 aliphatic carbocycles. The van der Waals surface area contributed by atoms with Gasteiger partial charge in [0.25, 0.3) is 0 Å². The number of phosphoric ester groups is 2. The molecule has 0 aliphatic heterocycles. The Hall–Kier alpha value is -1.94. The van der Waals surface area contributed by atoms with Crippen LogP contribution < -0.4 is 0 Å². The van der Waals surface area contributed by atoms with E-state index in [0.29, 0.717) is 25.7 Å². The van der Waals surface area contributed by atoms with Gasteiger partial charge in [-0.05, 0) is 37.5 Å². The highest BCUT2D eigenvalue weighted by Gasteiger charge is 2.31. The monoisotopic (exact) mass is 1680 g/mol. The number of esters is 4. The van der Waals surface area contributed by atoms with E-state index in [0.717, 1.165) is 102 Å². The smallest absolute Gasteiger partial charge is 0.462 e. The molecule has 684 valence electrons. The second kappa shape index (κ2) is 87.0. The fourth-order valence-electron chi connectivity index (χ4n) is 15.2. The van der Waals surface area contributed by atoms with Gasteiger partial charge in [0.2, 0.25) is 0 Å². The van der Waals surface area contributed by atoms with Gasteiger partial charge in [0, 0.05) is 25.7 Å². The summed E-state index contributed by atoms with van der Waals surface area (Å²) >= 11 is 0. The van der Waals surface area contributed by atoms with E-state index in [1.807, 2.05) is 0 Å². The Kier molecular flexibility index (Phi) is 85.5. The van der Waals surface area contributed by atoms with Crippen molar-refractivity contribution >= 4 is 39.5 Å². The molecule has 0 saturated carbocycles. The average Bonchev–Trinajstić information content (AvgIpc) is 0.899. The van der Waals surface area contributed by atoms with Crippen LogP contribution in [-0.4, -0.2) is 96.7 Å². The van der Waals surface area contributed by atoms with Crippen LogP contribution in [-0.2, 0) is 65.4 Å². The van der Waals surface area contributed by atoms with Crippen molar-refractivity contribution in [2.24, 2.45) is 11.8 Å². The van der Waals surface area contributed by atoms with Crippen LogP contribution >= 0.6 is 15.6 Å². The molecule has 3 unspecified atom stereocenters. The molecule has 0 aromatic heterocycles. The third-order valence-corrected chi connectivity index (χ3v) is 25.0. The predicted molar refractivity (Wildman–Crippen MR) is 478 cm³/mol. The number of phosphoric acid groups is 2. The van der Waals surface area contributed by atoms with Crippen molar-refractivity contribution in [2.45, 2.75) is 541 Å². The van der Waals surface area contributed by atoms with Crippen molar-refractivity contribution in [3.8, 4) is 0 Å². The first kappa shape index (κ1) is 113. The number of unbranched alkanes of at least 4 members (excludes halogenated alkanes) is 64. The zero-order chi connectivity index (χ0) is 84.1. The van der Waals surface area contributed by atoms with Crippen molar-refractivity contribution in [3.05, 3.63) is 0 Å². The van der Waals surface area contributed by atoms with Crippen LogP contribution in [0.1, 0.15) is 523 Å². The van der Waals surface area contributed by atoms with Crippen LogP contribution in [0.15, 0.2) is 0 Å². The number of ether oxygens (including phenoxy) is 4. The molecule has 0 fully saturated rings. The Labute approximate surface area is 708 Å². The first-order valence-electron chi connectivity index (χ1n) is 49.5. The van der Waals surface area contributed by atoms with Gasteiger partial charge in [0.1, 0.15) is 19.3 Å². The van der Waals surface area contributed by atoms with E-state index in [4.69, 9.17) is 37.0 Å². The number of hydrogen-bond donors (Lipinski definition) is 3. The van der Waals surface area contributed by atoms with E-state index in [-0.39, 0.29) is 25.7 Å². The van der Waals surface area contributed by atoms with E-state index in [1.54, 1.807) is 0 Å². The minimum absolute atomic E-state index is 0.109. The summed E-state index contributed by atoms with van der Waals surface area (Å²) < 4.78 is 69.2. The number of hydrogen-bond acceptors (Lipinski definition) is 15. The average molecular weight is 1680 g/mol. The highest BCUT2D eigenvalue weighted by molar-refractivity contribution is 7.47. The number of rotatable bonds is 95. The molecule has 0 aliphatic rings. The summed E-state index contributed by atoms with van der Waals surface area (Å²) in [5.74, 6) is -0.415. The van der Waals surface area contributed by atoms with Crippen molar-refractivity contribution in [1.29, 1.82) is 0 Å². The number of carbonyl (C=O) groups excluding carboxylic acids is 4. The summed E-state index contributed by atoms with van der Waals surface area (Å²) in [6.07, 6.45) is 83.4.